The van der Waals surface area contributed by atoms with Crippen molar-refractivity contribution in [2.75, 3.05) is 20.1 Å². The number of hydrogen-bond donors (Lipinski definition) is 1. The molecule has 3 nitrogen and oxygen atoms in total. The van der Waals surface area contributed by atoms with Crippen molar-refractivity contribution in [2.24, 2.45) is 0 Å². The third kappa shape index (κ3) is 4.18. The largest absolute Gasteiger partial charge is 0.336 e. The Morgan fingerprint density at radius 2 is 2.47 bits per heavy atom. The van der Waals surface area contributed by atoms with Gasteiger partial charge in [0.1, 0.15) is 0 Å². The molecular weight excluding hydrogens is 256 g/mol. The molecular formula is C15H22N2OS. The second-order valence-electron chi connectivity index (χ2n) is 4.92. The second-order valence-corrected chi connectivity index (χ2v) is 5.90. The highest BCUT2D eigenvalue weighted by atomic mass is 32.1. The Bertz CT molecular complexity index is 414. The normalized spacial score (nSPS) is 20.1. The number of hydrogen-bond acceptors (Lipinski definition) is 3. The summed E-state index contributed by atoms with van der Waals surface area (Å²) in [6.07, 6.45) is 8.22. The number of piperidine rings is 1. The van der Waals surface area contributed by atoms with Crippen LogP contribution in [0.4, 0.5) is 0 Å². The van der Waals surface area contributed by atoms with Crippen LogP contribution in [0.2, 0.25) is 0 Å². The summed E-state index contributed by atoms with van der Waals surface area (Å²) in [5, 5.41) is 5.20. The molecule has 1 N–H and O–H groups in total. The van der Waals surface area contributed by atoms with Gasteiger partial charge < -0.3 is 10.2 Å². The summed E-state index contributed by atoms with van der Waals surface area (Å²) in [4.78, 5) is 15.5. The molecule has 1 unspecified atom stereocenters. The summed E-state index contributed by atoms with van der Waals surface area (Å²) in [6, 6.07) is 4.44. The van der Waals surface area contributed by atoms with Crippen molar-refractivity contribution in [3.05, 3.63) is 28.5 Å². The molecule has 0 saturated carbocycles. The average Bonchev–Trinajstić information content (AvgIpc) is 2.96. The molecule has 19 heavy (non-hydrogen) atoms. The minimum Gasteiger partial charge on any atom is -0.336 e. The van der Waals surface area contributed by atoms with E-state index in [1.165, 1.54) is 6.42 Å². The van der Waals surface area contributed by atoms with Crippen LogP contribution in [0.1, 0.15) is 30.6 Å². The molecule has 0 aliphatic carbocycles. The summed E-state index contributed by atoms with van der Waals surface area (Å²) >= 11 is 1.66. The van der Waals surface area contributed by atoms with E-state index in [0.29, 0.717) is 6.04 Å². The third-order valence-corrected chi connectivity index (χ3v) is 4.41. The molecule has 0 bridgehead atoms. The maximum absolute atomic E-state index is 12.3. The van der Waals surface area contributed by atoms with Gasteiger partial charge in [-0.3, -0.25) is 4.79 Å². The number of thiophene rings is 1. The molecule has 1 aliphatic heterocycles. The number of likely N-dealkylation sites (tertiary alicyclic amines) is 1. The van der Waals surface area contributed by atoms with Gasteiger partial charge >= 0.3 is 0 Å². The SMILES string of the molecule is CNCCC1CCCCN1C(=O)C=Cc1cccs1. The van der Waals surface area contributed by atoms with Crippen molar-refractivity contribution in [1.82, 2.24) is 10.2 Å². The lowest BCUT2D eigenvalue weighted by Gasteiger charge is -2.35. The van der Waals surface area contributed by atoms with Crippen LogP contribution in [0.5, 0.6) is 0 Å². The van der Waals surface area contributed by atoms with Crippen molar-refractivity contribution in [3.8, 4) is 0 Å². The fourth-order valence-corrected chi connectivity index (χ4v) is 3.16. The standard InChI is InChI=1S/C15H22N2OS/c1-16-10-9-13-5-2-3-11-17(13)15(18)8-7-14-6-4-12-19-14/h4,6-8,12-13,16H,2-3,5,9-11H2,1H3. The van der Waals surface area contributed by atoms with Crippen LogP contribution >= 0.6 is 11.3 Å². The second kappa shape index (κ2) is 7.46. The van der Waals surface area contributed by atoms with E-state index in [-0.39, 0.29) is 5.91 Å². The molecule has 104 valence electrons. The average molecular weight is 278 g/mol. The summed E-state index contributed by atoms with van der Waals surface area (Å²) in [6.45, 7) is 1.88. The molecule has 1 amide bonds. The van der Waals surface area contributed by atoms with E-state index >= 15 is 0 Å². The fraction of sp³-hybridized carbons (Fsp3) is 0.533. The highest BCUT2D eigenvalue weighted by Crippen LogP contribution is 2.20. The molecule has 4 heteroatoms. The summed E-state index contributed by atoms with van der Waals surface area (Å²) in [7, 11) is 1.96. The fourth-order valence-electron chi connectivity index (χ4n) is 2.54. The highest BCUT2D eigenvalue weighted by molar-refractivity contribution is 7.10. The van der Waals surface area contributed by atoms with Crippen LogP contribution in [0.15, 0.2) is 23.6 Å². The van der Waals surface area contributed by atoms with E-state index in [1.807, 2.05) is 35.5 Å². The topological polar surface area (TPSA) is 32.3 Å². The van der Waals surface area contributed by atoms with Crippen molar-refractivity contribution in [1.29, 1.82) is 0 Å². The van der Waals surface area contributed by atoms with Crippen molar-refractivity contribution in [3.63, 3.8) is 0 Å². The first-order valence-corrected chi connectivity index (χ1v) is 7.86. The van der Waals surface area contributed by atoms with Crippen LogP contribution in [0.3, 0.4) is 0 Å². The zero-order valence-corrected chi connectivity index (χ0v) is 12.3. The van der Waals surface area contributed by atoms with Crippen molar-refractivity contribution >= 4 is 23.3 Å². The van der Waals surface area contributed by atoms with Gasteiger partial charge in [-0.05, 0) is 56.8 Å². The molecule has 1 fully saturated rings. The van der Waals surface area contributed by atoms with Gasteiger partial charge in [-0.15, -0.1) is 11.3 Å². The van der Waals surface area contributed by atoms with Crippen LogP contribution in [0.25, 0.3) is 6.08 Å². The van der Waals surface area contributed by atoms with E-state index in [9.17, 15) is 4.79 Å². The smallest absolute Gasteiger partial charge is 0.246 e. The Balaban J connectivity index is 1.95. The van der Waals surface area contributed by atoms with Gasteiger partial charge in [-0.25, -0.2) is 0 Å². The van der Waals surface area contributed by atoms with Gasteiger partial charge in [0.2, 0.25) is 5.91 Å². The van der Waals surface area contributed by atoms with Crippen molar-refractivity contribution in [2.45, 2.75) is 31.7 Å². The Morgan fingerprint density at radius 1 is 1.58 bits per heavy atom. The maximum Gasteiger partial charge on any atom is 0.246 e. The number of carbonyl (C=O) groups is 1. The summed E-state index contributed by atoms with van der Waals surface area (Å²) < 4.78 is 0. The number of nitrogens with one attached hydrogen (secondary N) is 1. The molecule has 1 aromatic rings. The minimum absolute atomic E-state index is 0.161. The molecule has 1 aromatic heterocycles. The van der Waals surface area contributed by atoms with E-state index < -0.39 is 0 Å². The zero-order chi connectivity index (χ0) is 13.5. The van der Waals surface area contributed by atoms with Gasteiger partial charge in [0.25, 0.3) is 0 Å². The Hall–Kier alpha value is -1.13. The van der Waals surface area contributed by atoms with Crippen molar-refractivity contribution < 1.29 is 4.79 Å². The minimum atomic E-state index is 0.161. The van der Waals surface area contributed by atoms with E-state index in [4.69, 9.17) is 0 Å². The first-order valence-electron chi connectivity index (χ1n) is 6.98. The monoisotopic (exact) mass is 278 g/mol. The van der Waals surface area contributed by atoms with Gasteiger partial charge in [0.05, 0.1) is 0 Å². The first kappa shape index (κ1) is 14.3. The molecule has 1 atom stereocenters. The number of rotatable bonds is 5. The first-order chi connectivity index (χ1) is 9.31. The molecule has 0 aromatic carbocycles. The van der Waals surface area contributed by atoms with Gasteiger partial charge in [0, 0.05) is 23.5 Å². The maximum atomic E-state index is 12.3. The molecule has 0 radical (unpaired) electrons. The Labute approximate surface area is 119 Å². The predicted molar refractivity (Wildman–Crippen MR) is 81.2 cm³/mol. The van der Waals surface area contributed by atoms with Crippen LogP contribution in [0, 0.1) is 0 Å². The van der Waals surface area contributed by atoms with E-state index in [1.54, 1.807) is 17.4 Å². The van der Waals surface area contributed by atoms with E-state index in [0.717, 1.165) is 37.2 Å². The van der Waals surface area contributed by atoms with Gasteiger partial charge in [-0.2, -0.15) is 0 Å². The quantitative estimate of drug-likeness (QED) is 0.840. The summed E-state index contributed by atoms with van der Waals surface area (Å²) in [5.41, 5.74) is 0. The van der Waals surface area contributed by atoms with Gasteiger partial charge in [0.15, 0.2) is 0 Å². The molecule has 2 heterocycles. The Kier molecular flexibility index (Phi) is 5.61. The predicted octanol–water partition coefficient (Wildman–Crippen LogP) is 2.75. The lowest BCUT2D eigenvalue weighted by atomic mass is 9.99. The van der Waals surface area contributed by atoms with Crippen LogP contribution < -0.4 is 5.32 Å². The number of nitrogens with zero attached hydrogens (tertiary/aromatic N) is 1. The van der Waals surface area contributed by atoms with Gasteiger partial charge in [-0.1, -0.05) is 6.07 Å². The summed E-state index contributed by atoms with van der Waals surface area (Å²) in [5.74, 6) is 0.161. The molecule has 1 saturated heterocycles. The third-order valence-electron chi connectivity index (χ3n) is 3.57. The molecule has 2 rings (SSSR count). The number of amides is 1. The lowest BCUT2D eigenvalue weighted by molar-refractivity contribution is -0.129. The molecule has 1 aliphatic rings. The van der Waals surface area contributed by atoms with E-state index in [2.05, 4.69) is 5.32 Å². The number of carbonyl (C=O) groups excluding carboxylic acids is 1. The van der Waals surface area contributed by atoms with Crippen LogP contribution in [-0.4, -0.2) is 37.0 Å². The molecule has 0 spiro atoms. The lowest BCUT2D eigenvalue weighted by Crippen LogP contribution is -2.44. The zero-order valence-electron chi connectivity index (χ0n) is 11.5. The highest BCUT2D eigenvalue weighted by Gasteiger charge is 2.24. The Morgan fingerprint density at radius 3 is 3.21 bits per heavy atom. The van der Waals surface area contributed by atoms with Crippen LogP contribution in [-0.2, 0) is 4.79 Å².